The SMILES string of the molecule is N#CCc1nc(C(F)F)c(Br)cc1CBr. The molecule has 0 fully saturated rings. The summed E-state index contributed by atoms with van der Waals surface area (Å²) in [5, 5.41) is 9.02. The van der Waals surface area contributed by atoms with Gasteiger partial charge in [-0.1, -0.05) is 15.9 Å². The molecule has 0 spiro atoms. The number of hydrogen-bond donors (Lipinski definition) is 0. The van der Waals surface area contributed by atoms with Gasteiger partial charge in [-0.3, -0.25) is 0 Å². The molecule has 1 aromatic heterocycles. The molecule has 0 saturated carbocycles. The molecule has 1 rings (SSSR count). The van der Waals surface area contributed by atoms with Crippen LogP contribution < -0.4 is 0 Å². The maximum Gasteiger partial charge on any atom is 0.281 e. The second kappa shape index (κ2) is 5.52. The molecule has 0 N–H and O–H groups in total. The van der Waals surface area contributed by atoms with Crippen molar-refractivity contribution in [3.63, 3.8) is 0 Å². The average Bonchev–Trinajstić information content (AvgIpc) is 2.20. The van der Waals surface area contributed by atoms with Crippen LogP contribution in [-0.4, -0.2) is 4.98 Å². The van der Waals surface area contributed by atoms with Gasteiger partial charge in [-0.2, -0.15) is 5.26 Å². The zero-order valence-corrected chi connectivity index (χ0v) is 10.6. The van der Waals surface area contributed by atoms with Crippen LogP contribution in [0.25, 0.3) is 0 Å². The first kappa shape index (κ1) is 12.5. The molecule has 0 radical (unpaired) electrons. The highest BCUT2D eigenvalue weighted by molar-refractivity contribution is 9.10. The van der Waals surface area contributed by atoms with Gasteiger partial charge in [0, 0.05) is 9.80 Å². The monoisotopic (exact) mass is 338 g/mol. The molecule has 1 heterocycles. The fraction of sp³-hybridized carbons (Fsp3) is 0.333. The van der Waals surface area contributed by atoms with Gasteiger partial charge < -0.3 is 0 Å². The maximum atomic E-state index is 12.5. The van der Waals surface area contributed by atoms with E-state index in [4.69, 9.17) is 5.26 Å². The lowest BCUT2D eigenvalue weighted by Crippen LogP contribution is -2.01. The summed E-state index contributed by atoms with van der Waals surface area (Å²) in [6, 6.07) is 3.47. The van der Waals surface area contributed by atoms with Crippen LogP contribution in [0.2, 0.25) is 0 Å². The Bertz CT molecular complexity index is 402. The van der Waals surface area contributed by atoms with Gasteiger partial charge in [0.1, 0.15) is 5.69 Å². The van der Waals surface area contributed by atoms with E-state index < -0.39 is 6.43 Å². The van der Waals surface area contributed by atoms with Crippen molar-refractivity contribution >= 4 is 31.9 Å². The highest BCUT2D eigenvalue weighted by Gasteiger charge is 2.16. The average molecular weight is 340 g/mol. The van der Waals surface area contributed by atoms with Gasteiger partial charge in [0.05, 0.1) is 18.2 Å². The minimum atomic E-state index is -2.64. The van der Waals surface area contributed by atoms with E-state index in [2.05, 4.69) is 36.8 Å². The van der Waals surface area contributed by atoms with Gasteiger partial charge in [-0.25, -0.2) is 13.8 Å². The summed E-state index contributed by atoms with van der Waals surface area (Å²) in [5.41, 5.74) is 0.825. The van der Waals surface area contributed by atoms with E-state index in [-0.39, 0.29) is 16.6 Å². The van der Waals surface area contributed by atoms with E-state index in [9.17, 15) is 8.78 Å². The Hall–Kier alpha value is -0.540. The molecule has 0 atom stereocenters. The second-order valence-electron chi connectivity index (χ2n) is 2.73. The van der Waals surface area contributed by atoms with E-state index in [1.54, 1.807) is 6.07 Å². The Morgan fingerprint density at radius 2 is 2.20 bits per heavy atom. The molecule has 15 heavy (non-hydrogen) atoms. The smallest absolute Gasteiger partial charge is 0.249 e. The summed E-state index contributed by atoms with van der Waals surface area (Å²) >= 11 is 6.24. The first-order valence-corrected chi connectivity index (χ1v) is 5.90. The predicted octanol–water partition coefficient (Wildman–Crippen LogP) is 3.74. The zero-order valence-electron chi connectivity index (χ0n) is 7.48. The number of nitriles is 1. The van der Waals surface area contributed by atoms with Crippen molar-refractivity contribution in [3.8, 4) is 6.07 Å². The van der Waals surface area contributed by atoms with Crippen LogP contribution in [-0.2, 0) is 11.8 Å². The van der Waals surface area contributed by atoms with E-state index in [0.29, 0.717) is 11.0 Å². The predicted molar refractivity (Wildman–Crippen MR) is 58.8 cm³/mol. The quantitative estimate of drug-likeness (QED) is 0.786. The van der Waals surface area contributed by atoms with Gasteiger partial charge >= 0.3 is 0 Å². The van der Waals surface area contributed by atoms with Gasteiger partial charge in [-0.05, 0) is 27.6 Å². The zero-order chi connectivity index (χ0) is 11.4. The van der Waals surface area contributed by atoms with Gasteiger partial charge in [-0.15, -0.1) is 0 Å². The molecule has 1 aromatic rings. The van der Waals surface area contributed by atoms with E-state index >= 15 is 0 Å². The van der Waals surface area contributed by atoms with Crippen molar-refractivity contribution in [2.75, 3.05) is 0 Å². The van der Waals surface area contributed by atoms with E-state index in [1.165, 1.54) is 0 Å². The van der Waals surface area contributed by atoms with Crippen molar-refractivity contribution in [1.82, 2.24) is 4.98 Å². The number of aromatic nitrogens is 1. The van der Waals surface area contributed by atoms with Crippen LogP contribution in [0.5, 0.6) is 0 Å². The van der Waals surface area contributed by atoms with Crippen molar-refractivity contribution in [2.24, 2.45) is 0 Å². The van der Waals surface area contributed by atoms with Crippen LogP contribution in [0.15, 0.2) is 10.5 Å². The first-order valence-electron chi connectivity index (χ1n) is 3.99. The fourth-order valence-corrected chi connectivity index (χ4v) is 2.10. The molecule has 0 amide bonds. The van der Waals surface area contributed by atoms with Gasteiger partial charge in [0.15, 0.2) is 0 Å². The molecular formula is C9H6Br2F2N2. The summed E-state index contributed by atoms with van der Waals surface area (Å²) in [6.07, 6.45) is -2.60. The highest BCUT2D eigenvalue weighted by atomic mass is 79.9. The third-order valence-corrected chi connectivity index (χ3v) is 3.01. The van der Waals surface area contributed by atoms with Crippen LogP contribution in [0.4, 0.5) is 8.78 Å². The number of hydrogen-bond acceptors (Lipinski definition) is 2. The lowest BCUT2D eigenvalue weighted by Gasteiger charge is -2.08. The summed E-state index contributed by atoms with van der Waals surface area (Å²) in [4.78, 5) is 3.78. The summed E-state index contributed by atoms with van der Waals surface area (Å²) in [7, 11) is 0. The van der Waals surface area contributed by atoms with E-state index in [1.807, 2.05) is 6.07 Å². The summed E-state index contributed by atoms with van der Waals surface area (Å²) < 4.78 is 25.3. The number of rotatable bonds is 3. The Morgan fingerprint density at radius 3 is 2.67 bits per heavy atom. The largest absolute Gasteiger partial charge is 0.281 e. The number of alkyl halides is 3. The normalized spacial score (nSPS) is 10.4. The molecular weight excluding hydrogens is 334 g/mol. The number of pyridine rings is 1. The molecule has 0 aliphatic carbocycles. The van der Waals surface area contributed by atoms with Crippen LogP contribution >= 0.6 is 31.9 Å². The van der Waals surface area contributed by atoms with Gasteiger partial charge in [0.2, 0.25) is 0 Å². The van der Waals surface area contributed by atoms with Gasteiger partial charge in [0.25, 0.3) is 6.43 Å². The third-order valence-electron chi connectivity index (χ3n) is 1.77. The molecule has 80 valence electrons. The Kier molecular flexibility index (Phi) is 4.61. The Balaban J connectivity index is 3.25. The van der Waals surface area contributed by atoms with Crippen LogP contribution in [0.1, 0.15) is 23.4 Å². The fourth-order valence-electron chi connectivity index (χ4n) is 1.08. The molecule has 2 nitrogen and oxygen atoms in total. The molecule has 0 aliphatic rings. The Labute approximate surface area is 103 Å². The van der Waals surface area contributed by atoms with Crippen molar-refractivity contribution in [1.29, 1.82) is 5.26 Å². The molecule has 0 aromatic carbocycles. The third kappa shape index (κ3) is 2.95. The van der Waals surface area contributed by atoms with Crippen LogP contribution in [0, 0.1) is 11.3 Å². The highest BCUT2D eigenvalue weighted by Crippen LogP contribution is 2.28. The molecule has 6 heteroatoms. The maximum absolute atomic E-state index is 12.5. The van der Waals surface area contributed by atoms with Crippen molar-refractivity contribution < 1.29 is 8.78 Å². The number of nitrogens with zero attached hydrogens (tertiary/aromatic N) is 2. The van der Waals surface area contributed by atoms with Crippen LogP contribution in [0.3, 0.4) is 0 Å². The van der Waals surface area contributed by atoms with Crippen molar-refractivity contribution in [3.05, 3.63) is 27.5 Å². The summed E-state index contributed by atoms with van der Waals surface area (Å²) in [5.74, 6) is 0. The topological polar surface area (TPSA) is 36.7 Å². The molecule has 0 bridgehead atoms. The minimum Gasteiger partial charge on any atom is -0.249 e. The van der Waals surface area contributed by atoms with E-state index in [0.717, 1.165) is 5.56 Å². The number of halogens is 4. The first-order chi connectivity index (χ1) is 7.10. The standard InChI is InChI=1S/C9H6Br2F2N2/c10-4-5-3-6(11)8(9(12)13)15-7(5)1-2-14/h3,9H,1,4H2. The minimum absolute atomic E-state index is 0.0356. The lowest BCUT2D eigenvalue weighted by atomic mass is 10.1. The lowest BCUT2D eigenvalue weighted by molar-refractivity contribution is 0.145. The second-order valence-corrected chi connectivity index (χ2v) is 4.15. The van der Waals surface area contributed by atoms with Crippen molar-refractivity contribution in [2.45, 2.75) is 18.2 Å². The molecule has 0 aliphatic heterocycles. The summed E-state index contributed by atoms with van der Waals surface area (Å²) in [6.45, 7) is 0. The molecule has 0 saturated heterocycles. The molecule has 0 unspecified atom stereocenters. The Morgan fingerprint density at radius 1 is 1.53 bits per heavy atom.